The van der Waals surface area contributed by atoms with Gasteiger partial charge in [0.1, 0.15) is 0 Å². The smallest absolute Gasteiger partial charge is 0.324 e. The Balaban J connectivity index is 1.91. The summed E-state index contributed by atoms with van der Waals surface area (Å²) in [5.74, 6) is 0. The van der Waals surface area contributed by atoms with Gasteiger partial charge in [-0.3, -0.25) is 4.90 Å². The molecule has 2 aliphatic rings. The second-order valence-corrected chi connectivity index (χ2v) is 4.77. The lowest BCUT2D eigenvalue weighted by atomic mass is 10.1. The summed E-state index contributed by atoms with van der Waals surface area (Å²) >= 11 is 0. The summed E-state index contributed by atoms with van der Waals surface area (Å²) in [6.45, 7) is 3.56. The summed E-state index contributed by atoms with van der Waals surface area (Å²) in [5.41, 5.74) is 3.71. The average Bonchev–Trinajstić information content (AvgIpc) is 2.79. The van der Waals surface area contributed by atoms with Crippen molar-refractivity contribution in [2.75, 3.05) is 25.0 Å². The Hall–Kier alpha value is -1.55. The van der Waals surface area contributed by atoms with Crippen LogP contribution in [0.1, 0.15) is 17.5 Å². The maximum Gasteiger partial charge on any atom is 0.324 e. The van der Waals surface area contributed by atoms with Crippen LogP contribution in [0.2, 0.25) is 0 Å². The fraction of sp³-hybridized carbons (Fsp3) is 0.462. The van der Waals surface area contributed by atoms with Crippen LogP contribution in [0.15, 0.2) is 18.2 Å². The van der Waals surface area contributed by atoms with Crippen LogP contribution in [-0.4, -0.2) is 31.1 Å². The predicted molar refractivity (Wildman–Crippen MR) is 67.0 cm³/mol. The van der Waals surface area contributed by atoms with Gasteiger partial charge < -0.3 is 10.2 Å². The van der Waals surface area contributed by atoms with Crippen molar-refractivity contribution in [3.05, 3.63) is 29.3 Å². The number of hydrogen-bond acceptors (Lipinski definition) is 2. The summed E-state index contributed by atoms with van der Waals surface area (Å²) in [6.07, 6.45) is 1.04. The molecule has 0 aromatic heterocycles. The lowest BCUT2D eigenvalue weighted by molar-refractivity contribution is 0.207. The number of carbonyl (C=O) groups excluding carboxylic acids is 1. The van der Waals surface area contributed by atoms with Gasteiger partial charge in [0.2, 0.25) is 0 Å². The van der Waals surface area contributed by atoms with Crippen LogP contribution in [0.4, 0.5) is 10.5 Å². The number of anilines is 1. The van der Waals surface area contributed by atoms with Crippen molar-refractivity contribution in [2.24, 2.45) is 0 Å². The summed E-state index contributed by atoms with van der Waals surface area (Å²) < 4.78 is 0. The monoisotopic (exact) mass is 231 g/mol. The van der Waals surface area contributed by atoms with E-state index in [2.05, 4.69) is 23.5 Å². The third-order valence-corrected chi connectivity index (χ3v) is 3.57. The first-order chi connectivity index (χ1) is 8.25. The lowest BCUT2D eigenvalue weighted by Crippen LogP contribution is -2.47. The molecule has 3 rings (SSSR count). The van der Waals surface area contributed by atoms with E-state index in [-0.39, 0.29) is 6.03 Å². The Bertz CT molecular complexity index is 458. The number of benzene rings is 1. The van der Waals surface area contributed by atoms with Gasteiger partial charge >= 0.3 is 6.03 Å². The third-order valence-electron chi connectivity index (χ3n) is 3.57. The van der Waals surface area contributed by atoms with Crippen molar-refractivity contribution in [1.82, 2.24) is 10.2 Å². The molecule has 2 aliphatic heterocycles. The quantitative estimate of drug-likeness (QED) is 0.796. The number of hydrogen-bond donors (Lipinski definition) is 1. The number of carbonyl (C=O) groups is 1. The lowest BCUT2D eigenvalue weighted by Gasteiger charge is -2.33. The van der Waals surface area contributed by atoms with Crippen LogP contribution < -0.4 is 10.2 Å². The van der Waals surface area contributed by atoms with E-state index in [9.17, 15) is 4.79 Å². The Morgan fingerprint density at radius 3 is 2.88 bits per heavy atom. The van der Waals surface area contributed by atoms with Crippen molar-refractivity contribution in [3.63, 3.8) is 0 Å². The highest BCUT2D eigenvalue weighted by molar-refractivity contribution is 5.92. The van der Waals surface area contributed by atoms with Crippen molar-refractivity contribution < 1.29 is 4.79 Å². The van der Waals surface area contributed by atoms with Gasteiger partial charge in [0.15, 0.2) is 0 Å². The van der Waals surface area contributed by atoms with E-state index >= 15 is 0 Å². The second-order valence-electron chi connectivity index (χ2n) is 4.77. The zero-order valence-electron chi connectivity index (χ0n) is 10.1. The molecule has 90 valence electrons. The van der Waals surface area contributed by atoms with Gasteiger partial charge in [-0.05, 0) is 29.7 Å². The largest absolute Gasteiger partial charge is 0.327 e. The second kappa shape index (κ2) is 4.04. The van der Waals surface area contributed by atoms with Crippen LogP contribution in [0, 0.1) is 0 Å². The molecule has 0 radical (unpaired) electrons. The molecule has 1 aromatic rings. The molecule has 0 atom stereocenters. The highest BCUT2D eigenvalue weighted by atomic mass is 16.2. The maximum absolute atomic E-state index is 12.1. The minimum absolute atomic E-state index is 0.113. The molecule has 1 saturated heterocycles. The summed E-state index contributed by atoms with van der Waals surface area (Å²) in [4.78, 5) is 15.7. The molecule has 0 aliphatic carbocycles. The van der Waals surface area contributed by atoms with E-state index in [1.807, 2.05) is 11.9 Å². The third kappa shape index (κ3) is 1.78. The van der Waals surface area contributed by atoms with Crippen molar-refractivity contribution in [1.29, 1.82) is 0 Å². The van der Waals surface area contributed by atoms with Crippen LogP contribution in [0.5, 0.6) is 0 Å². The molecular formula is C13H17N3O. The van der Waals surface area contributed by atoms with Crippen molar-refractivity contribution in [3.8, 4) is 0 Å². The molecule has 0 saturated carbocycles. The molecule has 4 heteroatoms. The Morgan fingerprint density at radius 2 is 2.00 bits per heavy atom. The fourth-order valence-corrected chi connectivity index (χ4v) is 2.55. The number of rotatable bonds is 1. The molecule has 2 amide bonds. The molecule has 0 spiro atoms. The highest BCUT2D eigenvalue weighted by Crippen LogP contribution is 2.25. The van der Waals surface area contributed by atoms with E-state index in [1.165, 1.54) is 11.1 Å². The van der Waals surface area contributed by atoms with E-state index in [0.29, 0.717) is 0 Å². The molecule has 17 heavy (non-hydrogen) atoms. The first kappa shape index (κ1) is 10.6. The van der Waals surface area contributed by atoms with Crippen LogP contribution >= 0.6 is 0 Å². The van der Waals surface area contributed by atoms with Gasteiger partial charge in [0.25, 0.3) is 0 Å². The first-order valence-electron chi connectivity index (χ1n) is 6.11. The van der Waals surface area contributed by atoms with E-state index in [4.69, 9.17) is 0 Å². The number of amides is 2. The van der Waals surface area contributed by atoms with Crippen molar-refractivity contribution in [2.45, 2.75) is 19.5 Å². The fourth-order valence-electron chi connectivity index (χ4n) is 2.55. The van der Waals surface area contributed by atoms with Gasteiger partial charge in [-0.1, -0.05) is 6.07 Å². The molecule has 1 N–H and O–H groups in total. The van der Waals surface area contributed by atoms with Gasteiger partial charge in [-0.15, -0.1) is 0 Å². The molecule has 1 aromatic carbocycles. The predicted octanol–water partition coefficient (Wildman–Crippen LogP) is 1.55. The molecule has 4 nitrogen and oxygen atoms in total. The maximum atomic E-state index is 12.1. The molecule has 0 bridgehead atoms. The molecular weight excluding hydrogens is 214 g/mol. The molecule has 0 unspecified atom stereocenters. The summed E-state index contributed by atoms with van der Waals surface area (Å²) in [6, 6.07) is 6.45. The van der Waals surface area contributed by atoms with Gasteiger partial charge in [0.05, 0.1) is 0 Å². The van der Waals surface area contributed by atoms with Crippen LogP contribution in [0.3, 0.4) is 0 Å². The van der Waals surface area contributed by atoms with Crippen LogP contribution in [0.25, 0.3) is 0 Å². The zero-order valence-corrected chi connectivity index (χ0v) is 10.1. The minimum atomic E-state index is 0.113. The molecule has 2 heterocycles. The number of urea groups is 1. The highest BCUT2D eigenvalue weighted by Gasteiger charge is 2.24. The van der Waals surface area contributed by atoms with Gasteiger partial charge in [0, 0.05) is 38.9 Å². The van der Waals surface area contributed by atoms with E-state index in [1.54, 1.807) is 4.90 Å². The Kier molecular flexibility index (Phi) is 2.52. The number of nitrogens with one attached hydrogen (secondary N) is 1. The topological polar surface area (TPSA) is 35.6 Å². The Morgan fingerprint density at radius 1 is 1.18 bits per heavy atom. The number of nitrogens with zero attached hydrogens (tertiary/aromatic N) is 2. The summed E-state index contributed by atoms with van der Waals surface area (Å²) in [7, 11) is 1.86. The summed E-state index contributed by atoms with van der Waals surface area (Å²) in [5, 5.41) is 3.32. The van der Waals surface area contributed by atoms with Crippen LogP contribution in [-0.2, 0) is 13.1 Å². The zero-order chi connectivity index (χ0) is 11.8. The molecule has 1 fully saturated rings. The Labute approximate surface area is 101 Å². The normalized spacial score (nSPS) is 19.7. The first-order valence-corrected chi connectivity index (χ1v) is 6.11. The number of fused-ring (bicyclic) bond motifs is 1. The van der Waals surface area contributed by atoms with E-state index in [0.717, 1.165) is 38.3 Å². The standard InChI is InChI=1S/C13H17N3O/c1-15-5-2-6-16(13(15)17)12-4-3-10-8-14-9-11(10)7-12/h3-4,7,14H,2,5-6,8-9H2,1H3. The minimum Gasteiger partial charge on any atom is -0.327 e. The van der Waals surface area contributed by atoms with Crippen molar-refractivity contribution >= 4 is 11.7 Å². The van der Waals surface area contributed by atoms with E-state index < -0.39 is 0 Å². The average molecular weight is 231 g/mol. The van der Waals surface area contributed by atoms with Gasteiger partial charge in [-0.25, -0.2) is 4.79 Å². The SMILES string of the molecule is CN1CCCN(c2ccc3c(c2)CNC3)C1=O. The van der Waals surface area contributed by atoms with Gasteiger partial charge in [-0.2, -0.15) is 0 Å².